The van der Waals surface area contributed by atoms with Gasteiger partial charge in [-0.2, -0.15) is 18.3 Å². The van der Waals surface area contributed by atoms with Gasteiger partial charge in [0.2, 0.25) is 0 Å². The number of rotatable bonds is 3. The second-order valence-electron chi connectivity index (χ2n) is 5.96. The molecule has 3 aromatic rings. The first-order chi connectivity index (χ1) is 13.3. The number of aromatic nitrogens is 2. The molecule has 0 unspecified atom stereocenters. The Labute approximate surface area is 159 Å². The largest absolute Gasteiger partial charge is 0.435 e. The molecule has 0 atom stereocenters. The van der Waals surface area contributed by atoms with Crippen molar-refractivity contribution < 1.29 is 39.2 Å². The van der Waals surface area contributed by atoms with E-state index in [1.165, 1.54) is 0 Å². The van der Waals surface area contributed by atoms with Crippen molar-refractivity contribution in [3.05, 3.63) is 65.4 Å². The van der Waals surface area contributed by atoms with E-state index in [9.17, 15) is 39.2 Å². The lowest BCUT2D eigenvalue weighted by molar-refractivity contribution is -0.141. The van der Waals surface area contributed by atoms with Crippen LogP contribution in [0, 0.1) is 23.3 Å². The lowest BCUT2D eigenvalue weighted by Gasteiger charge is -2.11. The Kier molecular flexibility index (Phi) is 4.93. The molecular weight excluding hydrogens is 429 g/mol. The maximum Gasteiger partial charge on any atom is 0.435 e. The Hall–Kier alpha value is -2.89. The highest BCUT2D eigenvalue weighted by Gasteiger charge is 2.36. The number of nitrogens with zero attached hydrogens (tertiary/aromatic N) is 2. The zero-order valence-electron chi connectivity index (χ0n) is 14.2. The van der Waals surface area contributed by atoms with E-state index in [-0.39, 0.29) is 5.56 Å². The maximum atomic E-state index is 14.5. The Balaban J connectivity index is 2.30. The van der Waals surface area contributed by atoms with Gasteiger partial charge in [0.05, 0.1) is 5.69 Å². The third kappa shape index (κ3) is 3.97. The van der Waals surface area contributed by atoms with E-state index < -0.39 is 61.3 Å². The molecule has 0 radical (unpaired) electrons. The van der Waals surface area contributed by atoms with Crippen molar-refractivity contribution in [3.8, 4) is 16.9 Å². The van der Waals surface area contributed by atoms with Crippen LogP contribution in [0.2, 0.25) is 0 Å². The summed E-state index contributed by atoms with van der Waals surface area (Å²) in [5, 5.41) is 3.19. The molecule has 0 aliphatic rings. The first-order valence-corrected chi connectivity index (χ1v) is 9.50. The Bertz CT molecular complexity index is 1220. The van der Waals surface area contributed by atoms with Crippen LogP contribution in [-0.4, -0.2) is 24.5 Å². The van der Waals surface area contributed by atoms with Crippen molar-refractivity contribution in [2.75, 3.05) is 6.26 Å². The maximum absolute atomic E-state index is 14.5. The van der Waals surface area contributed by atoms with E-state index in [4.69, 9.17) is 0 Å². The molecule has 0 aliphatic heterocycles. The van der Waals surface area contributed by atoms with Gasteiger partial charge < -0.3 is 0 Å². The third-order valence-corrected chi connectivity index (χ3v) is 4.96. The number of benzene rings is 2. The summed E-state index contributed by atoms with van der Waals surface area (Å²) in [6.45, 7) is 0. The third-order valence-electron chi connectivity index (χ3n) is 3.84. The quantitative estimate of drug-likeness (QED) is 0.566. The van der Waals surface area contributed by atoms with Crippen LogP contribution < -0.4 is 0 Å². The van der Waals surface area contributed by atoms with E-state index in [2.05, 4.69) is 5.10 Å². The van der Waals surface area contributed by atoms with Crippen molar-refractivity contribution in [1.29, 1.82) is 0 Å². The van der Waals surface area contributed by atoms with Crippen molar-refractivity contribution in [3.63, 3.8) is 0 Å². The van der Waals surface area contributed by atoms with Gasteiger partial charge in [0.1, 0.15) is 22.2 Å². The van der Waals surface area contributed by atoms with Crippen LogP contribution in [0.25, 0.3) is 16.9 Å². The van der Waals surface area contributed by atoms with Gasteiger partial charge in [0.15, 0.2) is 27.2 Å². The summed E-state index contributed by atoms with van der Waals surface area (Å²) in [5.74, 6) is -5.48. The van der Waals surface area contributed by atoms with Crippen LogP contribution in [0.5, 0.6) is 0 Å². The Morgan fingerprint density at radius 2 is 1.52 bits per heavy atom. The predicted octanol–water partition coefficient (Wildman–Crippen LogP) is 4.52. The fraction of sp³-hybridized carbons (Fsp3) is 0.118. The van der Waals surface area contributed by atoms with Gasteiger partial charge in [-0.05, 0) is 30.3 Å². The average molecular weight is 438 g/mol. The summed E-state index contributed by atoms with van der Waals surface area (Å²) in [5.41, 5.74) is -3.20. The van der Waals surface area contributed by atoms with Crippen LogP contribution in [0.3, 0.4) is 0 Å². The monoisotopic (exact) mass is 438 g/mol. The summed E-state index contributed by atoms with van der Waals surface area (Å²) in [7, 11) is -4.16. The first kappa shape index (κ1) is 20.8. The highest BCUT2D eigenvalue weighted by atomic mass is 32.2. The van der Waals surface area contributed by atoms with Crippen molar-refractivity contribution in [2.24, 2.45) is 0 Å². The molecule has 3 rings (SSSR count). The summed E-state index contributed by atoms with van der Waals surface area (Å²) in [4.78, 5) is -1.00. The first-order valence-electron chi connectivity index (χ1n) is 7.61. The number of alkyl halides is 3. The molecule has 0 saturated carbocycles. The minimum atomic E-state index is -4.99. The molecule has 12 heteroatoms. The van der Waals surface area contributed by atoms with Gasteiger partial charge in [-0.1, -0.05) is 0 Å². The molecule has 1 heterocycles. The molecule has 0 spiro atoms. The lowest BCUT2D eigenvalue weighted by atomic mass is 10.1. The second-order valence-corrected chi connectivity index (χ2v) is 7.94. The fourth-order valence-electron chi connectivity index (χ4n) is 2.53. The van der Waals surface area contributed by atoms with E-state index >= 15 is 0 Å². The van der Waals surface area contributed by atoms with Crippen molar-refractivity contribution >= 4 is 9.84 Å². The zero-order valence-corrected chi connectivity index (χ0v) is 15.0. The van der Waals surface area contributed by atoms with Crippen LogP contribution >= 0.6 is 0 Å². The molecule has 0 fully saturated rings. The highest BCUT2D eigenvalue weighted by Crippen LogP contribution is 2.34. The summed E-state index contributed by atoms with van der Waals surface area (Å²) in [6.07, 6.45) is -4.37. The summed E-state index contributed by atoms with van der Waals surface area (Å²) in [6, 6.07) is 3.20. The molecule has 29 heavy (non-hydrogen) atoms. The van der Waals surface area contributed by atoms with Gasteiger partial charge in [-0.3, -0.25) is 0 Å². The minimum Gasteiger partial charge on any atom is -0.229 e. The molecule has 2 aromatic carbocycles. The SMILES string of the molecule is CS(=O)(=O)c1cc(F)c(-n2nc(C(F)(F)F)cc2-c2ccc(F)c(F)c2)cc1F. The molecule has 4 nitrogen and oxygen atoms in total. The molecule has 0 bridgehead atoms. The molecule has 0 N–H and O–H groups in total. The smallest absolute Gasteiger partial charge is 0.229 e. The van der Waals surface area contributed by atoms with Crippen LogP contribution in [0.1, 0.15) is 5.69 Å². The Morgan fingerprint density at radius 3 is 2.07 bits per heavy atom. The van der Waals surface area contributed by atoms with E-state index in [1.807, 2.05) is 0 Å². The van der Waals surface area contributed by atoms with Gasteiger partial charge >= 0.3 is 6.18 Å². The number of sulfone groups is 1. The highest BCUT2D eigenvalue weighted by molar-refractivity contribution is 7.90. The topological polar surface area (TPSA) is 52.0 Å². The normalized spacial score (nSPS) is 12.4. The molecule has 154 valence electrons. The summed E-state index contributed by atoms with van der Waals surface area (Å²) < 4.78 is 118. The number of hydrogen-bond donors (Lipinski definition) is 0. The molecule has 0 amide bonds. The van der Waals surface area contributed by atoms with E-state index in [1.54, 1.807) is 0 Å². The van der Waals surface area contributed by atoms with Gasteiger partial charge in [-0.15, -0.1) is 0 Å². The molecule has 0 saturated heterocycles. The molecule has 1 aromatic heterocycles. The number of halogens is 7. The van der Waals surface area contributed by atoms with Crippen LogP contribution in [-0.2, 0) is 16.0 Å². The molecular formula is C17H9F7N2O2S. The predicted molar refractivity (Wildman–Crippen MR) is 86.9 cm³/mol. The van der Waals surface area contributed by atoms with E-state index in [0.29, 0.717) is 41.3 Å². The van der Waals surface area contributed by atoms with Gasteiger partial charge in [-0.25, -0.2) is 30.7 Å². The van der Waals surface area contributed by atoms with Crippen LogP contribution in [0.4, 0.5) is 30.7 Å². The fourth-order valence-corrected chi connectivity index (χ4v) is 3.26. The van der Waals surface area contributed by atoms with E-state index in [0.717, 1.165) is 6.07 Å². The van der Waals surface area contributed by atoms with Crippen LogP contribution in [0.15, 0.2) is 41.3 Å². The second kappa shape index (κ2) is 6.87. The van der Waals surface area contributed by atoms with Gasteiger partial charge in [0, 0.05) is 17.9 Å². The zero-order chi connectivity index (χ0) is 21.7. The average Bonchev–Trinajstić information content (AvgIpc) is 3.03. The Morgan fingerprint density at radius 1 is 0.862 bits per heavy atom. The van der Waals surface area contributed by atoms with Crippen molar-refractivity contribution in [1.82, 2.24) is 9.78 Å². The summed E-state index contributed by atoms with van der Waals surface area (Å²) >= 11 is 0. The van der Waals surface area contributed by atoms with Gasteiger partial charge in [0.25, 0.3) is 0 Å². The number of hydrogen-bond acceptors (Lipinski definition) is 3. The molecule has 0 aliphatic carbocycles. The minimum absolute atomic E-state index is 0.296. The lowest BCUT2D eigenvalue weighted by Crippen LogP contribution is -2.10. The standard InChI is InChI=1S/C17H9F7N2O2S/c1-29(27,28)15-6-11(20)14(5-12(15)21)26-13(7-16(25-26)17(22,23)24)8-2-3-9(18)10(19)4-8/h2-7H,1H3. The van der Waals surface area contributed by atoms with Crippen molar-refractivity contribution in [2.45, 2.75) is 11.1 Å².